The minimum Gasteiger partial charge on any atom is -0.352 e. The van der Waals surface area contributed by atoms with Gasteiger partial charge < -0.3 is 10.6 Å². The molecule has 1 aliphatic carbocycles. The highest BCUT2D eigenvalue weighted by atomic mass is 35.5. The van der Waals surface area contributed by atoms with Gasteiger partial charge in [0.05, 0.1) is 12.7 Å². The maximum absolute atomic E-state index is 12.7. The first-order valence-electron chi connectivity index (χ1n) is 9.98. The van der Waals surface area contributed by atoms with Crippen LogP contribution >= 0.6 is 23.4 Å². The number of nitrogens with zero attached hydrogens (tertiary/aromatic N) is 1. The second-order valence-electron chi connectivity index (χ2n) is 8.16. The zero-order valence-electron chi connectivity index (χ0n) is 16.1. The minimum absolute atomic E-state index is 0.0883. The van der Waals surface area contributed by atoms with Crippen LogP contribution < -0.4 is 21.5 Å². The monoisotopic (exact) mass is 403 g/mol. The number of hydrogen-bond donors (Lipinski definition) is 4. The number of halogens is 1. The van der Waals surface area contributed by atoms with Crippen molar-refractivity contribution in [3.8, 4) is 0 Å². The molecule has 0 radical (unpaired) electrons. The summed E-state index contributed by atoms with van der Waals surface area (Å²) in [7, 11) is 2.13. The molecule has 0 spiro atoms. The minimum atomic E-state index is -0.0883. The highest BCUT2D eigenvalue weighted by molar-refractivity contribution is 8.00. The molecule has 26 heavy (non-hydrogen) atoms. The smallest absolute Gasteiger partial charge is 0.237 e. The molecule has 0 aromatic heterocycles. The van der Waals surface area contributed by atoms with E-state index >= 15 is 0 Å². The number of carbonyl (C=O) groups excluding carboxylic acids is 1. The molecule has 6 unspecified atom stereocenters. The molecule has 1 amide bonds. The number of thioether (sulfide) groups is 1. The van der Waals surface area contributed by atoms with Gasteiger partial charge in [-0.15, -0.1) is 23.4 Å². The zero-order chi connectivity index (χ0) is 18.7. The van der Waals surface area contributed by atoms with Crippen LogP contribution in [-0.2, 0) is 4.79 Å². The van der Waals surface area contributed by atoms with Gasteiger partial charge in [-0.2, -0.15) is 0 Å². The van der Waals surface area contributed by atoms with Gasteiger partial charge in [0.25, 0.3) is 0 Å². The average Bonchev–Trinajstić information content (AvgIpc) is 3.02. The van der Waals surface area contributed by atoms with Crippen LogP contribution in [0.4, 0.5) is 0 Å². The fourth-order valence-corrected chi connectivity index (χ4v) is 5.79. The third-order valence-electron chi connectivity index (χ3n) is 6.08. The van der Waals surface area contributed by atoms with E-state index in [-0.39, 0.29) is 23.4 Å². The first-order valence-corrected chi connectivity index (χ1v) is 11.4. The van der Waals surface area contributed by atoms with E-state index in [0.717, 1.165) is 32.4 Å². The Morgan fingerprint density at radius 1 is 1.31 bits per heavy atom. The summed E-state index contributed by atoms with van der Waals surface area (Å²) < 4.78 is 0. The summed E-state index contributed by atoms with van der Waals surface area (Å²) in [5.41, 5.74) is 6.84. The van der Waals surface area contributed by atoms with Gasteiger partial charge in [0.1, 0.15) is 5.50 Å². The first kappa shape index (κ1) is 20.7. The van der Waals surface area contributed by atoms with E-state index in [9.17, 15) is 4.79 Å². The Hall–Kier alpha value is -0.0500. The van der Waals surface area contributed by atoms with Crippen molar-refractivity contribution >= 4 is 29.3 Å². The maximum atomic E-state index is 12.7. The summed E-state index contributed by atoms with van der Waals surface area (Å²) in [5, 5.41) is 7.39. The van der Waals surface area contributed by atoms with Gasteiger partial charge in [0, 0.05) is 22.7 Å². The summed E-state index contributed by atoms with van der Waals surface area (Å²) in [6.45, 7) is 5.28. The molecular weight excluding hydrogens is 370 g/mol. The molecule has 0 aromatic rings. The van der Waals surface area contributed by atoms with Crippen molar-refractivity contribution < 1.29 is 4.79 Å². The summed E-state index contributed by atoms with van der Waals surface area (Å²) in [4.78, 5) is 15.0. The fraction of sp³-hybridized carbons (Fsp3) is 0.944. The molecule has 8 heteroatoms. The average molecular weight is 404 g/mol. The van der Waals surface area contributed by atoms with Crippen LogP contribution in [0.1, 0.15) is 52.4 Å². The van der Waals surface area contributed by atoms with Crippen molar-refractivity contribution in [3.05, 3.63) is 0 Å². The van der Waals surface area contributed by atoms with Crippen LogP contribution in [0.5, 0.6) is 0 Å². The van der Waals surface area contributed by atoms with Gasteiger partial charge in [0.15, 0.2) is 0 Å². The number of hydrogen-bond acceptors (Lipinski definition) is 6. The Morgan fingerprint density at radius 3 is 2.81 bits per heavy atom. The van der Waals surface area contributed by atoms with Gasteiger partial charge >= 0.3 is 0 Å². The fourth-order valence-electron chi connectivity index (χ4n) is 4.28. The van der Waals surface area contributed by atoms with Crippen molar-refractivity contribution in [2.24, 2.45) is 5.92 Å². The van der Waals surface area contributed by atoms with Gasteiger partial charge in [-0.3, -0.25) is 9.69 Å². The van der Waals surface area contributed by atoms with Crippen LogP contribution in [0.2, 0.25) is 0 Å². The molecule has 0 aromatic carbocycles. The van der Waals surface area contributed by atoms with E-state index < -0.39 is 0 Å². The predicted molar refractivity (Wildman–Crippen MR) is 109 cm³/mol. The molecule has 1 saturated carbocycles. The maximum Gasteiger partial charge on any atom is 0.237 e. The number of nitrogens with one attached hydrogen (secondary N) is 4. The normalized spacial score (nSPS) is 40.3. The first-order chi connectivity index (χ1) is 12.4. The molecule has 6 nitrogen and oxygen atoms in total. The highest BCUT2D eigenvalue weighted by Gasteiger charge is 2.34. The number of rotatable bonds is 5. The second kappa shape index (κ2) is 9.43. The number of hydrazine groups is 1. The molecule has 2 aliphatic heterocycles. The highest BCUT2D eigenvalue weighted by Crippen LogP contribution is 2.35. The van der Waals surface area contributed by atoms with Crippen LogP contribution in [-0.4, -0.2) is 58.8 Å². The molecule has 3 fully saturated rings. The SMILES string of the molecule is CC1NC(C(=O)NC2CCCC([C@H](C)SC3NNCN3C)C2)CCC1Cl. The lowest BCUT2D eigenvalue weighted by atomic mass is 9.83. The Morgan fingerprint density at radius 2 is 2.12 bits per heavy atom. The number of amides is 1. The lowest BCUT2D eigenvalue weighted by Gasteiger charge is -2.36. The van der Waals surface area contributed by atoms with Gasteiger partial charge in [-0.05, 0) is 52.0 Å². The molecule has 2 saturated heterocycles. The lowest BCUT2D eigenvalue weighted by molar-refractivity contribution is -0.125. The largest absolute Gasteiger partial charge is 0.352 e. The third kappa shape index (κ3) is 5.26. The molecule has 0 bridgehead atoms. The van der Waals surface area contributed by atoms with Crippen molar-refractivity contribution in [1.29, 1.82) is 0 Å². The summed E-state index contributed by atoms with van der Waals surface area (Å²) in [5.74, 6) is 0.813. The Balaban J connectivity index is 1.46. The Bertz CT molecular complexity index is 484. The van der Waals surface area contributed by atoms with Crippen LogP contribution in [0.25, 0.3) is 0 Å². The van der Waals surface area contributed by atoms with E-state index in [4.69, 9.17) is 11.6 Å². The molecular formula is C18H34ClN5OS. The Labute approximate surface area is 166 Å². The molecule has 7 atom stereocenters. The van der Waals surface area contributed by atoms with E-state index in [0.29, 0.717) is 22.7 Å². The summed E-state index contributed by atoms with van der Waals surface area (Å²) >= 11 is 8.24. The van der Waals surface area contributed by atoms with Crippen molar-refractivity contribution in [1.82, 2.24) is 26.4 Å². The van der Waals surface area contributed by atoms with Crippen LogP contribution in [0.15, 0.2) is 0 Å². The van der Waals surface area contributed by atoms with E-state index in [1.54, 1.807) is 0 Å². The number of carbonyl (C=O) groups is 1. The van der Waals surface area contributed by atoms with Crippen LogP contribution in [0, 0.1) is 5.92 Å². The lowest BCUT2D eigenvalue weighted by Crippen LogP contribution is -2.55. The number of alkyl halides is 1. The van der Waals surface area contributed by atoms with Gasteiger partial charge in [0.2, 0.25) is 5.91 Å². The van der Waals surface area contributed by atoms with Crippen LogP contribution in [0.3, 0.4) is 0 Å². The quantitative estimate of drug-likeness (QED) is 0.525. The predicted octanol–water partition coefficient (Wildman–Crippen LogP) is 1.81. The summed E-state index contributed by atoms with van der Waals surface area (Å²) in [6, 6.07) is 0.415. The summed E-state index contributed by atoms with van der Waals surface area (Å²) in [6.07, 6.45) is 6.39. The molecule has 3 rings (SSSR count). The van der Waals surface area contributed by atoms with Crippen molar-refractivity contribution in [2.45, 2.75) is 86.6 Å². The molecule has 2 heterocycles. The van der Waals surface area contributed by atoms with E-state index in [1.165, 1.54) is 12.8 Å². The Kier molecular flexibility index (Phi) is 7.50. The standard InChI is InChI=1S/C18H34ClN5OS/c1-11-15(19)7-8-16(21-11)17(25)22-14-6-4-5-13(9-14)12(2)26-18-23-20-10-24(18)3/h11-16,18,20-21,23H,4-10H2,1-3H3,(H,22,25)/t11?,12-,13?,14?,15?,16?,18?/m0/s1. The third-order valence-corrected chi connectivity index (χ3v) is 8.22. The molecule has 150 valence electrons. The topological polar surface area (TPSA) is 68.4 Å². The van der Waals surface area contributed by atoms with Crippen molar-refractivity contribution in [3.63, 3.8) is 0 Å². The second-order valence-corrected chi connectivity index (χ2v) is 10.2. The van der Waals surface area contributed by atoms with E-state index in [1.807, 2.05) is 11.8 Å². The van der Waals surface area contributed by atoms with E-state index in [2.05, 4.69) is 47.3 Å². The van der Waals surface area contributed by atoms with Gasteiger partial charge in [-0.25, -0.2) is 10.9 Å². The molecule has 3 aliphatic rings. The zero-order valence-corrected chi connectivity index (χ0v) is 17.7. The number of piperidine rings is 1. The van der Waals surface area contributed by atoms with Gasteiger partial charge in [-0.1, -0.05) is 13.3 Å². The molecule has 4 N–H and O–H groups in total. The van der Waals surface area contributed by atoms with Crippen molar-refractivity contribution in [2.75, 3.05) is 13.7 Å².